The van der Waals surface area contributed by atoms with E-state index in [1.165, 1.54) is 27.8 Å². The Balaban J connectivity index is 1.40. The van der Waals surface area contributed by atoms with Gasteiger partial charge in [0.15, 0.2) is 5.17 Å². The van der Waals surface area contributed by atoms with Gasteiger partial charge in [0, 0.05) is 25.0 Å². The first-order valence-electron chi connectivity index (χ1n) is 11.1. The molecule has 0 bridgehead atoms. The van der Waals surface area contributed by atoms with Gasteiger partial charge >= 0.3 is 0 Å². The van der Waals surface area contributed by atoms with Crippen LogP contribution < -0.4 is 4.90 Å². The van der Waals surface area contributed by atoms with Crippen LogP contribution in [0.1, 0.15) is 11.1 Å². The van der Waals surface area contributed by atoms with E-state index in [9.17, 15) is 4.79 Å². The van der Waals surface area contributed by atoms with E-state index in [0.29, 0.717) is 13.1 Å². The minimum absolute atomic E-state index is 0.0524. The Morgan fingerprint density at radius 2 is 1.42 bits per heavy atom. The van der Waals surface area contributed by atoms with Crippen LogP contribution in [-0.2, 0) is 17.6 Å². The fourth-order valence-corrected chi connectivity index (χ4v) is 6.34. The number of thioether (sulfide) groups is 2. The molecule has 1 fully saturated rings. The largest absolute Gasteiger partial charge is 0.337 e. The monoisotopic (exact) mass is 471 g/mol. The van der Waals surface area contributed by atoms with Crippen LogP contribution in [0.15, 0.2) is 105 Å². The normalized spacial score (nSPS) is 18.9. The Kier molecular flexibility index (Phi) is 6.55. The maximum atomic E-state index is 13.6. The van der Waals surface area contributed by atoms with Gasteiger partial charge in [-0.2, -0.15) is 0 Å². The molecule has 3 aromatic carbocycles. The predicted octanol–water partition coefficient (Wildman–Crippen LogP) is 5.81. The topological polar surface area (TPSA) is 35.9 Å². The van der Waals surface area contributed by atoms with Gasteiger partial charge in [0.2, 0.25) is 0 Å². The van der Waals surface area contributed by atoms with Crippen LogP contribution in [0.25, 0.3) is 0 Å². The summed E-state index contributed by atoms with van der Waals surface area (Å²) in [4.78, 5) is 24.4. The van der Waals surface area contributed by atoms with Crippen LogP contribution in [0, 0.1) is 0 Å². The van der Waals surface area contributed by atoms with Crippen LogP contribution in [0.5, 0.6) is 0 Å². The molecule has 0 unspecified atom stereocenters. The van der Waals surface area contributed by atoms with E-state index >= 15 is 0 Å². The van der Waals surface area contributed by atoms with Crippen LogP contribution in [0.3, 0.4) is 0 Å². The van der Waals surface area contributed by atoms with Crippen molar-refractivity contribution in [3.63, 3.8) is 0 Å². The highest BCUT2D eigenvalue weighted by Gasteiger charge is 2.38. The molecule has 5 rings (SSSR count). The van der Waals surface area contributed by atoms with Crippen molar-refractivity contribution in [3.8, 4) is 0 Å². The van der Waals surface area contributed by atoms with Crippen LogP contribution in [0.4, 0.5) is 5.69 Å². The number of nitrogens with zero attached hydrogens (tertiary/aromatic N) is 3. The molecule has 6 heteroatoms. The number of amidine groups is 1. The van der Waals surface area contributed by atoms with E-state index in [0.717, 1.165) is 33.6 Å². The number of carbonyl (C=O) groups is 1. The highest BCUT2D eigenvalue weighted by Crippen LogP contribution is 2.49. The summed E-state index contributed by atoms with van der Waals surface area (Å²) >= 11 is 3.18. The van der Waals surface area contributed by atoms with Crippen molar-refractivity contribution >= 4 is 40.3 Å². The van der Waals surface area contributed by atoms with Gasteiger partial charge in [-0.3, -0.25) is 14.7 Å². The Labute approximate surface area is 203 Å². The fraction of sp³-hybridized carbons (Fsp3) is 0.185. The first kappa shape index (κ1) is 21.9. The molecule has 2 aliphatic heterocycles. The standard InChI is InChI=1S/C27H25N3OS2/c1-29-22-14-8-9-15-23(22)32-26(29)24-25(31)30(19-17-21-12-6-3-7-13-21)27(33-24)28-18-16-20-10-4-2-5-11-20/h2-15H,16-19H2,1H3/b26-24-,28-27?. The summed E-state index contributed by atoms with van der Waals surface area (Å²) in [7, 11) is 2.04. The maximum absolute atomic E-state index is 13.6. The van der Waals surface area contributed by atoms with Crippen LogP contribution in [-0.4, -0.2) is 36.1 Å². The number of anilines is 1. The Morgan fingerprint density at radius 3 is 2.12 bits per heavy atom. The number of rotatable bonds is 6. The molecule has 0 aromatic heterocycles. The molecule has 2 heterocycles. The van der Waals surface area contributed by atoms with Gasteiger partial charge in [0.05, 0.1) is 10.7 Å². The number of amides is 1. The third-order valence-corrected chi connectivity index (χ3v) is 8.22. The molecule has 3 aromatic rings. The molecule has 0 aliphatic carbocycles. The quantitative estimate of drug-likeness (QED) is 0.425. The van der Waals surface area contributed by atoms with Crippen molar-refractivity contribution in [2.75, 3.05) is 25.0 Å². The van der Waals surface area contributed by atoms with E-state index in [-0.39, 0.29) is 5.91 Å². The third kappa shape index (κ3) is 4.72. The lowest BCUT2D eigenvalue weighted by Gasteiger charge is -2.16. The van der Waals surface area contributed by atoms with E-state index in [4.69, 9.17) is 4.99 Å². The van der Waals surface area contributed by atoms with Gasteiger partial charge in [-0.1, -0.05) is 84.6 Å². The summed E-state index contributed by atoms with van der Waals surface area (Å²) in [5.74, 6) is 0.0524. The summed E-state index contributed by atoms with van der Waals surface area (Å²) < 4.78 is 0. The molecule has 33 heavy (non-hydrogen) atoms. The second kappa shape index (κ2) is 9.89. The van der Waals surface area contributed by atoms with E-state index < -0.39 is 0 Å². The minimum atomic E-state index is 0.0524. The molecule has 2 aliphatic rings. The molecule has 0 radical (unpaired) electrons. The zero-order chi connectivity index (χ0) is 22.6. The molecule has 0 N–H and O–H groups in total. The number of para-hydroxylation sites is 1. The average Bonchev–Trinajstić information content (AvgIpc) is 3.35. The van der Waals surface area contributed by atoms with Crippen LogP contribution in [0.2, 0.25) is 0 Å². The SMILES string of the molecule is CN1/C(=C2/SC(=NCCc3ccccc3)N(CCc3ccccc3)C2=O)Sc2ccccc21. The average molecular weight is 472 g/mol. The van der Waals surface area contributed by atoms with Gasteiger partial charge in [-0.15, -0.1) is 0 Å². The second-order valence-corrected chi connectivity index (χ2v) is 9.97. The lowest BCUT2D eigenvalue weighted by atomic mass is 10.1. The number of aliphatic imine (C=N–C) groups is 1. The Hall–Kier alpha value is -2.96. The summed E-state index contributed by atoms with van der Waals surface area (Å²) in [6.07, 6.45) is 1.66. The number of hydrogen-bond donors (Lipinski definition) is 0. The number of benzene rings is 3. The zero-order valence-corrected chi connectivity index (χ0v) is 20.1. The molecular weight excluding hydrogens is 446 g/mol. The molecule has 0 atom stereocenters. The molecule has 166 valence electrons. The summed E-state index contributed by atoms with van der Waals surface area (Å²) in [6, 6.07) is 29.0. The second-order valence-electron chi connectivity index (χ2n) is 7.96. The molecule has 0 spiro atoms. The predicted molar refractivity (Wildman–Crippen MR) is 140 cm³/mol. The van der Waals surface area contributed by atoms with Crippen LogP contribution >= 0.6 is 23.5 Å². The Bertz CT molecular complexity index is 1210. The van der Waals surface area contributed by atoms with Crippen molar-refractivity contribution in [1.82, 2.24) is 4.90 Å². The molecule has 1 amide bonds. The van der Waals surface area contributed by atoms with Crippen molar-refractivity contribution < 1.29 is 4.79 Å². The lowest BCUT2D eigenvalue weighted by molar-refractivity contribution is -0.122. The van der Waals surface area contributed by atoms with Crippen molar-refractivity contribution in [3.05, 3.63) is 106 Å². The van der Waals surface area contributed by atoms with Gasteiger partial charge in [-0.05, 0) is 47.9 Å². The minimum Gasteiger partial charge on any atom is -0.337 e. The van der Waals surface area contributed by atoms with Gasteiger partial charge in [0.1, 0.15) is 4.91 Å². The number of fused-ring (bicyclic) bond motifs is 1. The number of carbonyl (C=O) groups excluding carboxylic acids is 1. The van der Waals surface area contributed by atoms with Crippen molar-refractivity contribution in [1.29, 1.82) is 0 Å². The summed E-state index contributed by atoms with van der Waals surface area (Å²) in [5, 5.41) is 1.79. The summed E-state index contributed by atoms with van der Waals surface area (Å²) in [6.45, 7) is 1.28. The molecule has 1 saturated heterocycles. The fourth-order valence-electron chi connectivity index (χ4n) is 3.96. The van der Waals surface area contributed by atoms with Gasteiger partial charge in [-0.25, -0.2) is 0 Å². The lowest BCUT2D eigenvalue weighted by Crippen LogP contribution is -2.32. The van der Waals surface area contributed by atoms with E-state index in [1.54, 1.807) is 11.8 Å². The molecule has 4 nitrogen and oxygen atoms in total. The maximum Gasteiger partial charge on any atom is 0.269 e. The molecule has 0 saturated carbocycles. The molecular formula is C27H25N3OS2. The Morgan fingerprint density at radius 1 is 0.788 bits per heavy atom. The zero-order valence-electron chi connectivity index (χ0n) is 18.5. The van der Waals surface area contributed by atoms with Crippen molar-refractivity contribution in [2.45, 2.75) is 17.7 Å². The first-order chi connectivity index (χ1) is 16.2. The van der Waals surface area contributed by atoms with E-state index in [2.05, 4.69) is 53.4 Å². The highest BCUT2D eigenvalue weighted by atomic mass is 32.2. The van der Waals surface area contributed by atoms with Gasteiger partial charge in [0.25, 0.3) is 5.91 Å². The highest BCUT2D eigenvalue weighted by molar-refractivity contribution is 8.19. The van der Waals surface area contributed by atoms with Crippen molar-refractivity contribution in [2.24, 2.45) is 4.99 Å². The third-order valence-electron chi connectivity index (χ3n) is 5.75. The number of hydrogen-bond acceptors (Lipinski definition) is 5. The summed E-state index contributed by atoms with van der Waals surface area (Å²) in [5.41, 5.74) is 3.62. The smallest absolute Gasteiger partial charge is 0.269 e. The first-order valence-corrected chi connectivity index (χ1v) is 12.7. The van der Waals surface area contributed by atoms with Gasteiger partial charge < -0.3 is 4.90 Å². The van der Waals surface area contributed by atoms with E-state index in [1.807, 2.05) is 48.3 Å².